The zero-order valence-corrected chi connectivity index (χ0v) is 19.3. The average molecular weight is 435 g/mol. The van der Waals surface area contributed by atoms with Crippen LogP contribution in [0.15, 0.2) is 42.5 Å². The monoisotopic (exact) mass is 434 g/mol. The maximum absolute atomic E-state index is 13.6. The van der Waals surface area contributed by atoms with Gasteiger partial charge >= 0.3 is 0 Å². The Hall–Kier alpha value is -2.37. The summed E-state index contributed by atoms with van der Waals surface area (Å²) in [6.45, 7) is 10.0. The van der Waals surface area contributed by atoms with Crippen LogP contribution in [-0.4, -0.2) is 57.7 Å². The second kappa shape index (κ2) is 7.60. The first kappa shape index (κ1) is 21.5. The highest BCUT2D eigenvalue weighted by Crippen LogP contribution is 2.57. The molecule has 170 valence electrons. The minimum atomic E-state index is -0.218. The van der Waals surface area contributed by atoms with Crippen LogP contribution in [0.1, 0.15) is 60.7 Å². The van der Waals surface area contributed by atoms with Gasteiger partial charge in [-0.3, -0.25) is 9.69 Å². The number of fused-ring (bicyclic) bond motifs is 4. The molecular weight excluding hydrogens is 400 g/mol. The van der Waals surface area contributed by atoms with Gasteiger partial charge in [0, 0.05) is 43.2 Å². The molecule has 32 heavy (non-hydrogen) atoms. The highest BCUT2D eigenvalue weighted by atomic mass is 16.3. The summed E-state index contributed by atoms with van der Waals surface area (Å²) < 4.78 is 0. The van der Waals surface area contributed by atoms with E-state index in [0.29, 0.717) is 12.2 Å². The number of carbonyl (C=O) groups excluding carboxylic acids is 1. The minimum absolute atomic E-state index is 0.0420. The third-order valence-electron chi connectivity index (χ3n) is 8.74. The van der Waals surface area contributed by atoms with Crippen molar-refractivity contribution in [3.63, 3.8) is 0 Å². The number of hydrogen-bond donors (Lipinski definition) is 2. The van der Waals surface area contributed by atoms with Crippen molar-refractivity contribution in [2.45, 2.75) is 64.1 Å². The van der Waals surface area contributed by atoms with E-state index in [1.54, 1.807) is 6.07 Å². The van der Waals surface area contributed by atoms with E-state index in [0.717, 1.165) is 50.1 Å². The molecule has 2 aromatic carbocycles. The van der Waals surface area contributed by atoms with Gasteiger partial charge < -0.3 is 15.1 Å². The van der Waals surface area contributed by atoms with E-state index in [2.05, 4.69) is 31.7 Å². The molecular formula is C27H34N2O3. The number of amides is 1. The van der Waals surface area contributed by atoms with Crippen LogP contribution < -0.4 is 0 Å². The summed E-state index contributed by atoms with van der Waals surface area (Å²) in [5.74, 6) is 0.423. The van der Waals surface area contributed by atoms with Gasteiger partial charge in [-0.25, -0.2) is 0 Å². The molecule has 2 bridgehead atoms. The standard InChI is InChI=1S/C27H34N2O3/c1-26(2)24-15-21-22(5-4-6-23(21)31)27(26,3)12-14-29(24)25(32)19-9-7-18(8-10-19)16-28-13-11-20(30)17-28/h4-10,20,24,30-31H,11-17H2,1-3H3/t20?,24-,27+/m1/s1. The molecule has 0 radical (unpaired) electrons. The number of aliphatic hydroxyl groups excluding tert-OH is 1. The summed E-state index contributed by atoms with van der Waals surface area (Å²) >= 11 is 0. The van der Waals surface area contributed by atoms with Gasteiger partial charge in [0.05, 0.1) is 6.10 Å². The van der Waals surface area contributed by atoms with E-state index in [1.807, 2.05) is 35.2 Å². The Bertz CT molecular complexity index is 1030. The quantitative estimate of drug-likeness (QED) is 0.773. The predicted molar refractivity (Wildman–Crippen MR) is 125 cm³/mol. The van der Waals surface area contributed by atoms with Crippen molar-refractivity contribution < 1.29 is 15.0 Å². The highest BCUT2D eigenvalue weighted by molar-refractivity contribution is 5.94. The first-order valence-electron chi connectivity index (χ1n) is 11.8. The van der Waals surface area contributed by atoms with Crippen LogP contribution in [0.4, 0.5) is 0 Å². The lowest BCUT2D eigenvalue weighted by atomic mass is 9.51. The molecule has 3 atom stereocenters. The Morgan fingerprint density at radius 3 is 2.53 bits per heavy atom. The van der Waals surface area contributed by atoms with Crippen molar-refractivity contribution in [1.82, 2.24) is 9.80 Å². The number of aliphatic hydroxyl groups is 1. The van der Waals surface area contributed by atoms with Crippen molar-refractivity contribution in [3.05, 3.63) is 64.7 Å². The number of likely N-dealkylation sites (tertiary alicyclic amines) is 2. The van der Waals surface area contributed by atoms with Crippen LogP contribution in [0.3, 0.4) is 0 Å². The Morgan fingerprint density at radius 1 is 1.09 bits per heavy atom. The summed E-state index contributed by atoms with van der Waals surface area (Å²) in [6, 6.07) is 13.9. The van der Waals surface area contributed by atoms with Crippen molar-refractivity contribution in [1.29, 1.82) is 0 Å². The van der Waals surface area contributed by atoms with Crippen LogP contribution in [0.25, 0.3) is 0 Å². The van der Waals surface area contributed by atoms with E-state index >= 15 is 0 Å². The number of β-amino-alcohol motifs (C(OH)–C–C–N with tert-alkyl or cyclic N) is 1. The van der Waals surface area contributed by atoms with Gasteiger partial charge in [0.15, 0.2) is 0 Å². The summed E-state index contributed by atoms with van der Waals surface area (Å²) in [7, 11) is 0. The molecule has 5 heteroatoms. The fourth-order valence-electron chi connectivity index (χ4n) is 6.30. The van der Waals surface area contributed by atoms with Crippen LogP contribution in [-0.2, 0) is 18.4 Å². The fraction of sp³-hybridized carbons (Fsp3) is 0.519. The lowest BCUT2D eigenvalue weighted by Crippen LogP contribution is -2.64. The van der Waals surface area contributed by atoms with Crippen LogP contribution in [0.5, 0.6) is 5.75 Å². The minimum Gasteiger partial charge on any atom is -0.508 e. The van der Waals surface area contributed by atoms with E-state index in [1.165, 1.54) is 11.1 Å². The zero-order chi connectivity index (χ0) is 22.7. The van der Waals surface area contributed by atoms with Gasteiger partial charge in [-0.05, 0) is 59.6 Å². The number of phenols is 1. The molecule has 2 aromatic rings. The number of nitrogens with zero attached hydrogens (tertiary/aromatic N) is 2. The van der Waals surface area contributed by atoms with Gasteiger partial charge in [-0.15, -0.1) is 0 Å². The number of benzene rings is 2. The largest absolute Gasteiger partial charge is 0.508 e. The fourth-order valence-corrected chi connectivity index (χ4v) is 6.30. The number of phenolic OH excluding ortho intramolecular Hbond substituents is 1. The van der Waals surface area contributed by atoms with Crippen molar-refractivity contribution in [2.24, 2.45) is 5.41 Å². The number of piperidine rings is 1. The average Bonchev–Trinajstić information content (AvgIpc) is 3.16. The van der Waals surface area contributed by atoms with Crippen LogP contribution in [0.2, 0.25) is 0 Å². The molecule has 2 saturated heterocycles. The van der Waals surface area contributed by atoms with Gasteiger partial charge in [-0.2, -0.15) is 0 Å². The SMILES string of the molecule is CC1(C)[C@H]2Cc3c(O)cccc3[C@]1(C)CCN2C(=O)c1ccc(CN2CCC(O)C2)cc1. The van der Waals surface area contributed by atoms with Crippen LogP contribution >= 0.6 is 0 Å². The van der Waals surface area contributed by atoms with Crippen LogP contribution in [0, 0.1) is 5.41 Å². The molecule has 3 aliphatic rings. The Morgan fingerprint density at radius 2 is 1.84 bits per heavy atom. The molecule has 0 saturated carbocycles. The van der Waals surface area contributed by atoms with Gasteiger partial charge in [0.1, 0.15) is 5.75 Å². The molecule has 2 fully saturated rings. The number of carbonyl (C=O) groups is 1. The second-order valence-electron chi connectivity index (χ2n) is 10.7. The number of hydrogen-bond acceptors (Lipinski definition) is 4. The van der Waals surface area contributed by atoms with Crippen molar-refractivity contribution >= 4 is 5.91 Å². The topological polar surface area (TPSA) is 64.0 Å². The third-order valence-corrected chi connectivity index (χ3v) is 8.74. The predicted octanol–water partition coefficient (Wildman–Crippen LogP) is 3.71. The van der Waals surface area contributed by atoms with E-state index < -0.39 is 0 Å². The first-order valence-corrected chi connectivity index (χ1v) is 11.8. The number of aromatic hydroxyl groups is 1. The van der Waals surface area contributed by atoms with E-state index in [-0.39, 0.29) is 28.9 Å². The number of rotatable bonds is 3. The molecule has 0 aromatic heterocycles. The molecule has 5 nitrogen and oxygen atoms in total. The summed E-state index contributed by atoms with van der Waals surface area (Å²) in [5.41, 5.74) is 3.95. The van der Waals surface area contributed by atoms with E-state index in [4.69, 9.17) is 0 Å². The smallest absolute Gasteiger partial charge is 0.254 e. The van der Waals surface area contributed by atoms with Crippen molar-refractivity contribution in [3.8, 4) is 5.75 Å². The molecule has 2 aliphatic heterocycles. The second-order valence-corrected chi connectivity index (χ2v) is 10.7. The lowest BCUT2D eigenvalue weighted by Gasteiger charge is -2.60. The van der Waals surface area contributed by atoms with Gasteiger partial charge in [-0.1, -0.05) is 45.0 Å². The highest BCUT2D eigenvalue weighted by Gasteiger charge is 2.57. The zero-order valence-electron chi connectivity index (χ0n) is 19.3. The molecule has 2 heterocycles. The summed E-state index contributed by atoms with van der Waals surface area (Å²) in [6.07, 6.45) is 2.18. The Balaban J connectivity index is 1.39. The molecule has 2 N–H and O–H groups in total. The maximum atomic E-state index is 13.6. The molecule has 1 amide bonds. The lowest BCUT2D eigenvalue weighted by molar-refractivity contribution is -0.0266. The Labute approximate surface area is 190 Å². The maximum Gasteiger partial charge on any atom is 0.254 e. The molecule has 0 spiro atoms. The van der Waals surface area contributed by atoms with Crippen molar-refractivity contribution in [2.75, 3.05) is 19.6 Å². The Kier molecular flexibility index (Phi) is 5.10. The summed E-state index contributed by atoms with van der Waals surface area (Å²) in [4.78, 5) is 17.9. The normalized spacial score (nSPS) is 29.1. The first-order chi connectivity index (χ1) is 15.2. The van der Waals surface area contributed by atoms with Gasteiger partial charge in [0.25, 0.3) is 5.91 Å². The summed E-state index contributed by atoms with van der Waals surface area (Å²) in [5, 5.41) is 20.3. The third kappa shape index (κ3) is 3.25. The molecule has 1 aliphatic carbocycles. The van der Waals surface area contributed by atoms with Gasteiger partial charge in [0.2, 0.25) is 0 Å². The molecule has 5 rings (SSSR count). The molecule has 1 unspecified atom stereocenters. The van der Waals surface area contributed by atoms with E-state index in [9.17, 15) is 15.0 Å².